The second-order valence-corrected chi connectivity index (χ2v) is 15.1. The predicted molar refractivity (Wildman–Crippen MR) is 120 cm³/mol. The molecule has 1 heterocycles. The molecule has 0 spiro atoms. The van der Waals surface area contributed by atoms with Crippen molar-refractivity contribution < 1.29 is 14.3 Å². The summed E-state index contributed by atoms with van der Waals surface area (Å²) in [5.41, 5.74) is 8.42. The highest BCUT2D eigenvalue weighted by Crippen LogP contribution is 2.19. The zero-order chi connectivity index (χ0) is 21.7. The summed E-state index contributed by atoms with van der Waals surface area (Å²) in [6, 6.07) is 7.25. The first-order valence-corrected chi connectivity index (χ1v) is 13.9. The van der Waals surface area contributed by atoms with Gasteiger partial charge in [0.25, 0.3) is 0 Å². The Morgan fingerprint density at radius 2 is 2.00 bits per heavy atom. The molecule has 8 heteroatoms. The number of rotatable bonds is 9. The van der Waals surface area contributed by atoms with Crippen LogP contribution in [0.4, 0.5) is 4.79 Å². The third kappa shape index (κ3) is 7.79. The summed E-state index contributed by atoms with van der Waals surface area (Å²) in [6.45, 7) is 14.6. The summed E-state index contributed by atoms with van der Waals surface area (Å²) in [4.78, 5) is 16.4. The first kappa shape index (κ1) is 23.4. The number of carbonyl (C=O) groups is 1. The van der Waals surface area contributed by atoms with Crippen molar-refractivity contribution in [3.05, 3.63) is 29.6 Å². The van der Waals surface area contributed by atoms with Crippen molar-refractivity contribution in [3.63, 3.8) is 0 Å². The number of fused-ring (bicyclic) bond motifs is 1. The van der Waals surface area contributed by atoms with Crippen molar-refractivity contribution in [2.75, 3.05) is 13.2 Å². The second-order valence-electron chi connectivity index (χ2n) is 9.51. The van der Waals surface area contributed by atoms with Gasteiger partial charge in [-0.15, -0.1) is 0 Å². The number of benzene rings is 1. The van der Waals surface area contributed by atoms with E-state index in [1.165, 1.54) is 0 Å². The van der Waals surface area contributed by atoms with Gasteiger partial charge in [-0.2, -0.15) is 0 Å². The Labute approximate surface area is 175 Å². The fourth-order valence-electron chi connectivity index (χ4n) is 2.83. The molecular weight excluding hydrogens is 384 g/mol. The topological polar surface area (TPSA) is 91.4 Å². The van der Waals surface area contributed by atoms with Gasteiger partial charge in [0.1, 0.15) is 18.2 Å². The molecule has 0 aliphatic rings. The number of nitrogens with one attached hydrogen (secondary N) is 1. The molecule has 0 unspecified atom stereocenters. The minimum Gasteiger partial charge on any atom is -0.444 e. The Hall–Kier alpha value is -1.90. The third-order valence-electron chi connectivity index (χ3n) is 4.37. The van der Waals surface area contributed by atoms with Crippen molar-refractivity contribution in [1.82, 2.24) is 14.9 Å². The zero-order valence-electron chi connectivity index (χ0n) is 18.7. The number of alkyl carbamates (subject to hydrolysis) is 1. The summed E-state index contributed by atoms with van der Waals surface area (Å²) in [6.07, 6.45) is 0.305. The quantitative estimate of drug-likeness (QED) is 0.474. The molecule has 7 nitrogen and oxygen atoms in total. The summed E-state index contributed by atoms with van der Waals surface area (Å²) in [5.74, 6) is 0.817. The largest absolute Gasteiger partial charge is 0.444 e. The maximum absolute atomic E-state index is 11.8. The van der Waals surface area contributed by atoms with Crippen LogP contribution >= 0.6 is 0 Å². The van der Waals surface area contributed by atoms with Gasteiger partial charge in [0.15, 0.2) is 0 Å². The van der Waals surface area contributed by atoms with Crippen molar-refractivity contribution in [2.24, 2.45) is 5.73 Å². The third-order valence-corrected chi connectivity index (χ3v) is 6.08. The van der Waals surface area contributed by atoms with Gasteiger partial charge in [-0.25, -0.2) is 9.78 Å². The van der Waals surface area contributed by atoms with Crippen LogP contribution in [0.1, 0.15) is 32.2 Å². The zero-order valence-corrected chi connectivity index (χ0v) is 19.7. The highest BCUT2D eigenvalue weighted by Gasteiger charge is 2.16. The molecule has 162 valence electrons. The minimum absolute atomic E-state index is 0.363. The van der Waals surface area contributed by atoms with Gasteiger partial charge in [0.05, 0.1) is 17.6 Å². The van der Waals surface area contributed by atoms with Crippen LogP contribution in [0.3, 0.4) is 0 Å². The molecule has 1 aromatic carbocycles. The van der Waals surface area contributed by atoms with Gasteiger partial charge in [0.2, 0.25) is 0 Å². The van der Waals surface area contributed by atoms with Gasteiger partial charge in [-0.1, -0.05) is 25.7 Å². The van der Waals surface area contributed by atoms with Crippen LogP contribution in [0, 0.1) is 0 Å². The highest BCUT2D eigenvalue weighted by atomic mass is 28.3. The molecule has 0 saturated carbocycles. The molecule has 3 N–H and O–H groups in total. The molecule has 0 aliphatic carbocycles. The number of nitrogens with zero attached hydrogens (tertiary/aromatic N) is 2. The van der Waals surface area contributed by atoms with E-state index in [0.717, 1.165) is 35.1 Å². The van der Waals surface area contributed by atoms with Crippen molar-refractivity contribution in [1.29, 1.82) is 0 Å². The van der Waals surface area contributed by atoms with Crippen LogP contribution < -0.4 is 11.1 Å². The van der Waals surface area contributed by atoms with E-state index in [4.69, 9.17) is 15.2 Å². The molecule has 0 atom stereocenters. The minimum atomic E-state index is -1.12. The monoisotopic (exact) mass is 420 g/mol. The molecule has 0 fully saturated rings. The first-order valence-electron chi connectivity index (χ1n) is 10.2. The first-order chi connectivity index (χ1) is 13.5. The maximum Gasteiger partial charge on any atom is 0.407 e. The van der Waals surface area contributed by atoms with E-state index >= 15 is 0 Å². The molecule has 2 aromatic rings. The standard InChI is InChI=1S/C21H36N4O3Si/c1-21(2,3)28-20(26)23-10-9-16-7-8-17-18(13-16)25(19(14-22)24-17)15-27-11-12-29(4,5)6/h7-8,13H,9-12,14-15,22H2,1-6H3,(H,23,26). The van der Waals surface area contributed by atoms with Crippen LogP contribution in [0.25, 0.3) is 11.0 Å². The number of hydrogen-bond acceptors (Lipinski definition) is 5. The smallest absolute Gasteiger partial charge is 0.407 e. The molecular formula is C21H36N4O3Si. The average Bonchev–Trinajstić information content (AvgIpc) is 2.93. The van der Waals surface area contributed by atoms with Gasteiger partial charge in [0, 0.05) is 21.2 Å². The summed E-state index contributed by atoms with van der Waals surface area (Å²) >= 11 is 0. The molecule has 1 amide bonds. The highest BCUT2D eigenvalue weighted by molar-refractivity contribution is 6.76. The SMILES string of the molecule is CC(C)(C)OC(=O)NCCc1ccc2nc(CN)n(COCC[Si](C)(C)C)c2c1. The number of aromatic nitrogens is 2. The van der Waals surface area contributed by atoms with Crippen LogP contribution in [-0.4, -0.2) is 42.5 Å². The summed E-state index contributed by atoms with van der Waals surface area (Å²) < 4.78 is 13.2. The van der Waals surface area contributed by atoms with Crippen LogP contribution in [0.2, 0.25) is 25.7 Å². The fraction of sp³-hybridized carbons (Fsp3) is 0.619. The van der Waals surface area contributed by atoms with E-state index in [2.05, 4.69) is 36.0 Å². The Kier molecular flexibility index (Phi) is 7.84. The number of nitrogens with two attached hydrogens (primary N) is 1. The molecule has 0 aliphatic heterocycles. The van der Waals surface area contributed by atoms with Crippen molar-refractivity contribution in [3.8, 4) is 0 Å². The van der Waals surface area contributed by atoms with Gasteiger partial charge >= 0.3 is 6.09 Å². The Balaban J connectivity index is 2.02. The van der Waals surface area contributed by atoms with E-state index in [-0.39, 0.29) is 0 Å². The number of ether oxygens (including phenoxy) is 2. The van der Waals surface area contributed by atoms with Crippen molar-refractivity contribution >= 4 is 25.2 Å². The van der Waals surface area contributed by atoms with E-state index < -0.39 is 19.8 Å². The van der Waals surface area contributed by atoms with E-state index in [1.54, 1.807) is 0 Å². The van der Waals surface area contributed by atoms with Crippen LogP contribution in [0.5, 0.6) is 0 Å². The predicted octanol–water partition coefficient (Wildman–Crippen LogP) is 3.87. The Morgan fingerprint density at radius 3 is 2.62 bits per heavy atom. The van der Waals surface area contributed by atoms with Gasteiger partial charge < -0.3 is 25.1 Å². The molecule has 0 saturated heterocycles. The number of hydrogen-bond donors (Lipinski definition) is 2. The fourth-order valence-corrected chi connectivity index (χ4v) is 3.59. The molecule has 0 radical (unpaired) electrons. The molecule has 2 rings (SSSR count). The van der Waals surface area contributed by atoms with Crippen LogP contribution in [0.15, 0.2) is 18.2 Å². The Bertz CT molecular complexity index is 822. The number of amides is 1. The van der Waals surface area contributed by atoms with E-state index in [0.29, 0.717) is 26.2 Å². The Morgan fingerprint density at radius 1 is 1.28 bits per heavy atom. The average molecular weight is 421 g/mol. The van der Waals surface area contributed by atoms with E-state index in [1.807, 2.05) is 37.5 Å². The summed E-state index contributed by atoms with van der Waals surface area (Å²) in [5, 5.41) is 2.80. The van der Waals surface area contributed by atoms with Gasteiger partial charge in [-0.3, -0.25) is 0 Å². The molecule has 1 aromatic heterocycles. The van der Waals surface area contributed by atoms with Crippen LogP contribution in [-0.2, 0) is 29.2 Å². The second kappa shape index (κ2) is 9.73. The molecule has 0 bridgehead atoms. The lowest BCUT2D eigenvalue weighted by molar-refractivity contribution is 0.0528. The molecule has 29 heavy (non-hydrogen) atoms. The lowest BCUT2D eigenvalue weighted by Gasteiger charge is -2.19. The maximum atomic E-state index is 11.8. The van der Waals surface area contributed by atoms with Gasteiger partial charge in [-0.05, 0) is 50.9 Å². The number of imidazole rings is 1. The number of carbonyl (C=O) groups excluding carboxylic acids is 1. The lowest BCUT2D eigenvalue weighted by atomic mass is 10.1. The summed E-state index contributed by atoms with van der Waals surface area (Å²) in [7, 11) is -1.12. The van der Waals surface area contributed by atoms with E-state index in [9.17, 15) is 4.79 Å². The van der Waals surface area contributed by atoms with Crippen molar-refractivity contribution in [2.45, 2.75) is 71.8 Å². The lowest BCUT2D eigenvalue weighted by Crippen LogP contribution is -2.33. The normalized spacial score (nSPS) is 12.4.